The molecule has 1 N–H and O–H groups in total. The van der Waals surface area contributed by atoms with Crippen molar-refractivity contribution in [3.63, 3.8) is 0 Å². The molecule has 4 heteroatoms. The van der Waals surface area contributed by atoms with E-state index in [-0.39, 0.29) is 6.04 Å². The monoisotopic (exact) mass is 323 g/mol. The summed E-state index contributed by atoms with van der Waals surface area (Å²) in [5, 5.41) is 0. The fourth-order valence-corrected chi connectivity index (χ4v) is 4.38. The SMILES string of the molecule is CCC(C)c1ccc(S(=O)(=O)NC2CCCCCCC2)cc1. The minimum Gasteiger partial charge on any atom is -0.208 e. The van der Waals surface area contributed by atoms with E-state index in [1.807, 2.05) is 12.1 Å². The van der Waals surface area contributed by atoms with Crippen LogP contribution in [-0.2, 0) is 10.0 Å². The first-order chi connectivity index (χ1) is 10.5. The molecule has 1 aromatic rings. The van der Waals surface area contributed by atoms with Gasteiger partial charge in [-0.25, -0.2) is 13.1 Å². The lowest BCUT2D eigenvalue weighted by molar-refractivity contribution is 0.426. The Morgan fingerprint density at radius 1 is 1.05 bits per heavy atom. The van der Waals surface area contributed by atoms with Gasteiger partial charge in [-0.3, -0.25) is 0 Å². The van der Waals surface area contributed by atoms with Gasteiger partial charge < -0.3 is 0 Å². The van der Waals surface area contributed by atoms with Crippen LogP contribution < -0.4 is 4.72 Å². The standard InChI is InChI=1S/C18H29NO2S/c1-3-15(2)16-11-13-18(14-12-16)22(20,21)19-17-9-7-5-4-6-8-10-17/h11-15,17,19H,3-10H2,1-2H3. The second-order valence-electron chi connectivity index (χ2n) is 6.54. The average Bonchev–Trinajstić information content (AvgIpc) is 2.49. The van der Waals surface area contributed by atoms with Crippen molar-refractivity contribution in [2.45, 2.75) is 82.1 Å². The number of hydrogen-bond donors (Lipinski definition) is 1. The second-order valence-corrected chi connectivity index (χ2v) is 8.26. The minimum absolute atomic E-state index is 0.0968. The van der Waals surface area contributed by atoms with Gasteiger partial charge in [-0.1, -0.05) is 58.1 Å². The van der Waals surface area contributed by atoms with E-state index in [1.165, 1.54) is 24.8 Å². The Morgan fingerprint density at radius 3 is 2.14 bits per heavy atom. The summed E-state index contributed by atoms with van der Waals surface area (Å²) in [6, 6.07) is 7.47. The molecule has 22 heavy (non-hydrogen) atoms. The molecule has 1 unspecified atom stereocenters. The Hall–Kier alpha value is -0.870. The Bertz CT molecular complexity index is 543. The van der Waals surface area contributed by atoms with Crippen LogP contribution in [0.4, 0.5) is 0 Å². The Balaban J connectivity index is 2.05. The van der Waals surface area contributed by atoms with Gasteiger partial charge in [0.25, 0.3) is 0 Å². The van der Waals surface area contributed by atoms with Crippen LogP contribution in [0.15, 0.2) is 29.2 Å². The number of nitrogens with one attached hydrogen (secondary N) is 1. The summed E-state index contributed by atoms with van der Waals surface area (Å²) in [6.07, 6.45) is 8.97. The van der Waals surface area contributed by atoms with Crippen LogP contribution in [-0.4, -0.2) is 14.5 Å². The molecule has 1 aliphatic carbocycles. The lowest BCUT2D eigenvalue weighted by Crippen LogP contribution is -2.35. The zero-order valence-corrected chi connectivity index (χ0v) is 14.7. The largest absolute Gasteiger partial charge is 0.240 e. The first-order valence-electron chi connectivity index (χ1n) is 8.65. The van der Waals surface area contributed by atoms with Gasteiger partial charge in [0.2, 0.25) is 10.0 Å². The molecule has 1 saturated carbocycles. The van der Waals surface area contributed by atoms with Crippen molar-refractivity contribution in [3.05, 3.63) is 29.8 Å². The van der Waals surface area contributed by atoms with E-state index in [0.29, 0.717) is 10.8 Å². The van der Waals surface area contributed by atoms with Crippen molar-refractivity contribution in [2.24, 2.45) is 0 Å². The second kappa shape index (κ2) is 8.11. The molecule has 0 aliphatic heterocycles. The van der Waals surface area contributed by atoms with Crippen molar-refractivity contribution in [3.8, 4) is 0 Å². The predicted octanol–water partition coefficient (Wildman–Crippen LogP) is 4.59. The van der Waals surface area contributed by atoms with Crippen molar-refractivity contribution < 1.29 is 8.42 Å². The van der Waals surface area contributed by atoms with Gasteiger partial charge in [0, 0.05) is 6.04 Å². The van der Waals surface area contributed by atoms with Crippen LogP contribution in [0.1, 0.15) is 76.7 Å². The highest BCUT2D eigenvalue weighted by atomic mass is 32.2. The lowest BCUT2D eigenvalue weighted by atomic mass is 9.97. The quantitative estimate of drug-likeness (QED) is 0.861. The summed E-state index contributed by atoms with van der Waals surface area (Å²) in [5.41, 5.74) is 1.20. The van der Waals surface area contributed by atoms with Gasteiger partial charge in [0.05, 0.1) is 4.90 Å². The molecule has 0 radical (unpaired) electrons. The first-order valence-corrected chi connectivity index (χ1v) is 10.1. The normalized spacial score (nSPS) is 19.4. The number of rotatable bonds is 5. The Kier molecular flexibility index (Phi) is 6.45. The van der Waals surface area contributed by atoms with Crippen LogP contribution in [0.3, 0.4) is 0 Å². The van der Waals surface area contributed by atoms with Gasteiger partial charge in [0.15, 0.2) is 0 Å². The van der Waals surface area contributed by atoms with Crippen molar-refractivity contribution in [1.82, 2.24) is 4.72 Å². The van der Waals surface area contributed by atoms with Crippen molar-refractivity contribution in [2.75, 3.05) is 0 Å². The summed E-state index contributed by atoms with van der Waals surface area (Å²) >= 11 is 0. The molecule has 0 saturated heterocycles. The molecule has 124 valence electrons. The maximum atomic E-state index is 12.5. The molecule has 1 atom stereocenters. The summed E-state index contributed by atoms with van der Waals surface area (Å²) in [5.74, 6) is 0.468. The van der Waals surface area contributed by atoms with E-state index >= 15 is 0 Å². The van der Waals surface area contributed by atoms with E-state index in [2.05, 4.69) is 18.6 Å². The summed E-state index contributed by atoms with van der Waals surface area (Å²) in [4.78, 5) is 0.390. The highest BCUT2D eigenvalue weighted by Gasteiger charge is 2.20. The molecule has 0 aromatic heterocycles. The third-order valence-corrected chi connectivity index (χ3v) is 6.34. The fourth-order valence-electron chi connectivity index (χ4n) is 3.07. The average molecular weight is 324 g/mol. The first kappa shape index (κ1) is 17.5. The molecule has 2 rings (SSSR count). The van der Waals surface area contributed by atoms with Crippen LogP contribution in [0, 0.1) is 0 Å². The summed E-state index contributed by atoms with van der Waals surface area (Å²) in [7, 11) is -3.39. The predicted molar refractivity (Wildman–Crippen MR) is 91.6 cm³/mol. The van der Waals surface area contributed by atoms with Crippen LogP contribution >= 0.6 is 0 Å². The third kappa shape index (κ3) is 4.82. The summed E-state index contributed by atoms with van der Waals surface area (Å²) in [6.45, 7) is 4.31. The Morgan fingerprint density at radius 2 is 1.59 bits per heavy atom. The molecular formula is C18H29NO2S. The van der Waals surface area contributed by atoms with E-state index < -0.39 is 10.0 Å². The number of benzene rings is 1. The number of hydrogen-bond acceptors (Lipinski definition) is 2. The molecule has 0 amide bonds. The molecule has 0 spiro atoms. The third-order valence-electron chi connectivity index (χ3n) is 4.80. The van der Waals surface area contributed by atoms with Gasteiger partial charge in [-0.15, -0.1) is 0 Å². The lowest BCUT2D eigenvalue weighted by Gasteiger charge is -2.21. The van der Waals surface area contributed by atoms with Crippen LogP contribution in [0.2, 0.25) is 0 Å². The van der Waals surface area contributed by atoms with Crippen LogP contribution in [0.25, 0.3) is 0 Å². The summed E-state index contributed by atoms with van der Waals surface area (Å²) < 4.78 is 28.0. The van der Waals surface area contributed by atoms with E-state index in [1.54, 1.807) is 12.1 Å². The van der Waals surface area contributed by atoms with E-state index in [9.17, 15) is 8.42 Å². The molecule has 3 nitrogen and oxygen atoms in total. The molecule has 1 aliphatic rings. The molecule has 1 aromatic carbocycles. The van der Waals surface area contributed by atoms with Gasteiger partial charge in [0.1, 0.15) is 0 Å². The maximum absolute atomic E-state index is 12.5. The molecule has 1 fully saturated rings. The maximum Gasteiger partial charge on any atom is 0.240 e. The fraction of sp³-hybridized carbons (Fsp3) is 0.667. The molecule has 0 bridgehead atoms. The zero-order chi connectivity index (χ0) is 16.0. The van der Waals surface area contributed by atoms with Crippen molar-refractivity contribution >= 4 is 10.0 Å². The smallest absolute Gasteiger partial charge is 0.208 e. The zero-order valence-electron chi connectivity index (χ0n) is 13.8. The molecule has 0 heterocycles. The van der Waals surface area contributed by atoms with Gasteiger partial charge >= 0.3 is 0 Å². The van der Waals surface area contributed by atoms with Gasteiger partial charge in [-0.05, 0) is 42.9 Å². The number of sulfonamides is 1. The Labute approximate surface area is 135 Å². The minimum atomic E-state index is -3.39. The van der Waals surface area contributed by atoms with Gasteiger partial charge in [-0.2, -0.15) is 0 Å². The van der Waals surface area contributed by atoms with Crippen LogP contribution in [0.5, 0.6) is 0 Å². The highest BCUT2D eigenvalue weighted by Crippen LogP contribution is 2.22. The van der Waals surface area contributed by atoms with Crippen molar-refractivity contribution in [1.29, 1.82) is 0 Å². The highest BCUT2D eigenvalue weighted by molar-refractivity contribution is 7.89. The van der Waals surface area contributed by atoms with E-state index in [0.717, 1.165) is 32.1 Å². The molecular weight excluding hydrogens is 294 g/mol. The van der Waals surface area contributed by atoms with E-state index in [4.69, 9.17) is 0 Å². The topological polar surface area (TPSA) is 46.2 Å².